The van der Waals surface area contributed by atoms with E-state index in [2.05, 4.69) is 42.9 Å². The van der Waals surface area contributed by atoms with Gasteiger partial charge in [0.25, 0.3) is 0 Å². The van der Waals surface area contributed by atoms with Crippen LogP contribution >= 0.6 is 0 Å². The predicted molar refractivity (Wildman–Crippen MR) is 73.6 cm³/mol. The van der Waals surface area contributed by atoms with E-state index < -0.39 is 5.97 Å². The highest BCUT2D eigenvalue weighted by Crippen LogP contribution is 2.19. The van der Waals surface area contributed by atoms with Gasteiger partial charge >= 0.3 is 5.97 Å². The van der Waals surface area contributed by atoms with Crippen LogP contribution in [0.15, 0.2) is 18.5 Å². The number of benzene rings is 1. The molecule has 4 nitrogen and oxygen atoms in total. The summed E-state index contributed by atoms with van der Waals surface area (Å²) in [6.07, 6.45) is 2.92. The van der Waals surface area contributed by atoms with E-state index in [0.717, 1.165) is 6.42 Å². The molecule has 0 saturated carbocycles. The average Bonchev–Trinajstić information content (AvgIpc) is 2.75. The standard InChI is InChI=1S/C15H18N2O2/c1-9-6-10(2)12(11(3)7-9)4-5-13-14(15(18)19)17-8-16-13/h6-8H,4-5H2,1-3H3,(H,16,17)(H,18,19). The summed E-state index contributed by atoms with van der Waals surface area (Å²) in [6.45, 7) is 6.28. The molecule has 19 heavy (non-hydrogen) atoms. The largest absolute Gasteiger partial charge is 0.476 e. The van der Waals surface area contributed by atoms with Crippen LogP contribution in [0.1, 0.15) is 38.4 Å². The maximum absolute atomic E-state index is 11.0. The minimum absolute atomic E-state index is 0.127. The number of hydrogen-bond acceptors (Lipinski definition) is 2. The number of aromatic carboxylic acids is 1. The lowest BCUT2D eigenvalue weighted by molar-refractivity contribution is 0.0690. The number of imidazole rings is 1. The molecule has 0 atom stereocenters. The number of H-pyrrole nitrogens is 1. The minimum atomic E-state index is -0.978. The molecular formula is C15H18N2O2. The molecular weight excluding hydrogens is 240 g/mol. The summed E-state index contributed by atoms with van der Waals surface area (Å²) >= 11 is 0. The van der Waals surface area contributed by atoms with Crippen LogP contribution in [0, 0.1) is 20.8 Å². The smallest absolute Gasteiger partial charge is 0.356 e. The van der Waals surface area contributed by atoms with Gasteiger partial charge in [0.05, 0.1) is 6.33 Å². The Balaban J connectivity index is 2.19. The van der Waals surface area contributed by atoms with Crippen LogP contribution in [-0.2, 0) is 12.8 Å². The van der Waals surface area contributed by atoms with Gasteiger partial charge < -0.3 is 10.1 Å². The Morgan fingerprint density at radius 2 is 1.84 bits per heavy atom. The van der Waals surface area contributed by atoms with E-state index in [1.165, 1.54) is 28.6 Å². The van der Waals surface area contributed by atoms with Crippen LogP contribution in [-0.4, -0.2) is 21.0 Å². The lowest BCUT2D eigenvalue weighted by Crippen LogP contribution is -2.05. The Morgan fingerprint density at radius 3 is 2.42 bits per heavy atom. The molecule has 0 fully saturated rings. The van der Waals surface area contributed by atoms with Gasteiger partial charge in [0.2, 0.25) is 0 Å². The zero-order chi connectivity index (χ0) is 14.0. The summed E-state index contributed by atoms with van der Waals surface area (Å²) in [5.74, 6) is -0.978. The molecule has 1 heterocycles. The number of carbonyl (C=O) groups is 1. The first kappa shape index (κ1) is 13.3. The Morgan fingerprint density at radius 1 is 1.21 bits per heavy atom. The van der Waals surface area contributed by atoms with Gasteiger partial charge in [-0.3, -0.25) is 0 Å². The van der Waals surface area contributed by atoms with E-state index in [4.69, 9.17) is 5.11 Å². The highest BCUT2D eigenvalue weighted by atomic mass is 16.4. The van der Waals surface area contributed by atoms with E-state index in [0.29, 0.717) is 12.1 Å². The number of aromatic nitrogens is 2. The first-order chi connectivity index (χ1) is 8.99. The topological polar surface area (TPSA) is 66.0 Å². The summed E-state index contributed by atoms with van der Waals surface area (Å²) in [4.78, 5) is 17.7. The van der Waals surface area contributed by atoms with Gasteiger partial charge in [-0.15, -0.1) is 0 Å². The molecule has 2 rings (SSSR count). The zero-order valence-electron chi connectivity index (χ0n) is 11.4. The number of rotatable bonds is 4. The zero-order valence-corrected chi connectivity index (χ0v) is 11.4. The van der Waals surface area contributed by atoms with Crippen molar-refractivity contribution in [3.8, 4) is 0 Å². The second kappa shape index (κ2) is 5.26. The van der Waals surface area contributed by atoms with Crippen LogP contribution in [0.4, 0.5) is 0 Å². The van der Waals surface area contributed by atoms with Gasteiger partial charge in [-0.2, -0.15) is 0 Å². The van der Waals surface area contributed by atoms with Crippen molar-refractivity contribution in [3.05, 3.63) is 52.1 Å². The van der Waals surface area contributed by atoms with Crippen molar-refractivity contribution in [1.29, 1.82) is 0 Å². The SMILES string of the molecule is Cc1cc(C)c(CCc2[nH]cnc2C(=O)O)c(C)c1. The molecule has 0 aliphatic carbocycles. The van der Waals surface area contributed by atoms with Gasteiger partial charge in [0, 0.05) is 5.69 Å². The molecule has 2 aromatic rings. The molecule has 0 spiro atoms. The minimum Gasteiger partial charge on any atom is -0.476 e. The van der Waals surface area contributed by atoms with Crippen LogP contribution < -0.4 is 0 Å². The molecule has 0 aliphatic rings. The Kier molecular flexibility index (Phi) is 3.69. The normalized spacial score (nSPS) is 10.7. The van der Waals surface area contributed by atoms with Crippen molar-refractivity contribution in [3.63, 3.8) is 0 Å². The molecule has 0 aliphatic heterocycles. The maximum atomic E-state index is 11.0. The van der Waals surface area contributed by atoms with Gasteiger partial charge in [0.15, 0.2) is 5.69 Å². The van der Waals surface area contributed by atoms with E-state index in [1.807, 2.05) is 0 Å². The molecule has 0 amide bonds. The summed E-state index contributed by atoms with van der Waals surface area (Å²) in [5.41, 5.74) is 5.88. The number of carboxylic acids is 1. The first-order valence-electron chi connectivity index (χ1n) is 6.31. The summed E-state index contributed by atoms with van der Waals surface area (Å²) < 4.78 is 0. The van der Waals surface area contributed by atoms with E-state index in [9.17, 15) is 4.79 Å². The number of aryl methyl sites for hydroxylation is 4. The summed E-state index contributed by atoms with van der Waals surface area (Å²) in [5, 5.41) is 9.01. The molecule has 1 aromatic carbocycles. The number of nitrogens with zero attached hydrogens (tertiary/aromatic N) is 1. The van der Waals surface area contributed by atoms with Crippen molar-refractivity contribution in [2.45, 2.75) is 33.6 Å². The highest BCUT2D eigenvalue weighted by molar-refractivity contribution is 5.86. The predicted octanol–water partition coefficient (Wildman–Crippen LogP) is 2.82. The number of hydrogen-bond donors (Lipinski definition) is 2. The van der Waals surface area contributed by atoms with Gasteiger partial charge in [0.1, 0.15) is 0 Å². The number of nitrogens with one attached hydrogen (secondary N) is 1. The van der Waals surface area contributed by atoms with Gasteiger partial charge in [-0.1, -0.05) is 17.7 Å². The lowest BCUT2D eigenvalue weighted by Gasteiger charge is -2.11. The fourth-order valence-corrected chi connectivity index (χ4v) is 2.55. The maximum Gasteiger partial charge on any atom is 0.356 e. The fourth-order valence-electron chi connectivity index (χ4n) is 2.55. The van der Waals surface area contributed by atoms with Crippen molar-refractivity contribution in [1.82, 2.24) is 9.97 Å². The second-order valence-electron chi connectivity index (χ2n) is 4.91. The lowest BCUT2D eigenvalue weighted by atomic mass is 9.95. The third kappa shape index (κ3) is 2.84. The van der Waals surface area contributed by atoms with Gasteiger partial charge in [-0.25, -0.2) is 9.78 Å². The van der Waals surface area contributed by atoms with Crippen molar-refractivity contribution in [2.75, 3.05) is 0 Å². The van der Waals surface area contributed by atoms with Gasteiger partial charge in [-0.05, 0) is 50.3 Å². The van der Waals surface area contributed by atoms with Crippen molar-refractivity contribution < 1.29 is 9.90 Å². The van der Waals surface area contributed by atoms with E-state index in [-0.39, 0.29) is 5.69 Å². The monoisotopic (exact) mass is 258 g/mol. The first-order valence-corrected chi connectivity index (χ1v) is 6.31. The van der Waals surface area contributed by atoms with Crippen LogP contribution in [0.25, 0.3) is 0 Å². The quantitative estimate of drug-likeness (QED) is 0.886. The summed E-state index contributed by atoms with van der Waals surface area (Å²) in [6, 6.07) is 4.32. The molecule has 0 bridgehead atoms. The van der Waals surface area contributed by atoms with Crippen molar-refractivity contribution >= 4 is 5.97 Å². The highest BCUT2D eigenvalue weighted by Gasteiger charge is 2.13. The molecule has 100 valence electrons. The Hall–Kier alpha value is -2.10. The second-order valence-corrected chi connectivity index (χ2v) is 4.91. The van der Waals surface area contributed by atoms with E-state index >= 15 is 0 Å². The molecule has 4 heteroatoms. The molecule has 0 saturated heterocycles. The third-order valence-corrected chi connectivity index (χ3v) is 3.39. The Labute approximate surface area is 112 Å². The Bertz CT molecular complexity index is 591. The number of carboxylic acid groups (broad SMARTS) is 1. The van der Waals surface area contributed by atoms with Crippen LogP contribution in [0.3, 0.4) is 0 Å². The van der Waals surface area contributed by atoms with E-state index in [1.54, 1.807) is 0 Å². The summed E-state index contributed by atoms with van der Waals surface area (Å²) in [7, 11) is 0. The molecule has 1 aromatic heterocycles. The molecule has 0 radical (unpaired) electrons. The third-order valence-electron chi connectivity index (χ3n) is 3.39. The molecule has 2 N–H and O–H groups in total. The number of aromatic amines is 1. The average molecular weight is 258 g/mol. The van der Waals surface area contributed by atoms with Crippen LogP contribution in [0.5, 0.6) is 0 Å². The fraction of sp³-hybridized carbons (Fsp3) is 0.333. The molecule has 0 unspecified atom stereocenters. The van der Waals surface area contributed by atoms with Crippen molar-refractivity contribution in [2.24, 2.45) is 0 Å². The van der Waals surface area contributed by atoms with Crippen LogP contribution in [0.2, 0.25) is 0 Å².